The van der Waals surface area contributed by atoms with Crippen molar-refractivity contribution in [1.82, 2.24) is 9.55 Å². The maximum atomic E-state index is 13.0. The summed E-state index contributed by atoms with van der Waals surface area (Å²) in [4.78, 5) is 30.1. The molecule has 40 heavy (non-hydrogen) atoms. The van der Waals surface area contributed by atoms with Gasteiger partial charge in [-0.1, -0.05) is 78.4 Å². The van der Waals surface area contributed by atoms with Gasteiger partial charge < -0.3 is 15.8 Å². The lowest BCUT2D eigenvalue weighted by atomic mass is 9.80. The molecule has 0 amide bonds. The minimum absolute atomic E-state index is 0.0646. The lowest BCUT2D eigenvalue weighted by Crippen LogP contribution is -2.33. The van der Waals surface area contributed by atoms with Crippen LogP contribution < -0.4 is 16.7 Å². The van der Waals surface area contributed by atoms with Crippen LogP contribution in [0.5, 0.6) is 0 Å². The molecule has 2 aromatic carbocycles. The van der Waals surface area contributed by atoms with Crippen molar-refractivity contribution in [3.05, 3.63) is 129 Å². The number of aromatic nitrogens is 2. The summed E-state index contributed by atoms with van der Waals surface area (Å²) in [6.07, 6.45) is 6.91. The van der Waals surface area contributed by atoms with Crippen molar-refractivity contribution in [2.75, 3.05) is 17.7 Å². The third kappa shape index (κ3) is 6.49. The molecule has 3 aromatic rings. The van der Waals surface area contributed by atoms with Crippen LogP contribution in [-0.2, 0) is 9.53 Å². The van der Waals surface area contributed by atoms with Crippen molar-refractivity contribution in [1.29, 1.82) is 0 Å². The van der Waals surface area contributed by atoms with E-state index in [4.69, 9.17) is 10.5 Å². The number of benzene rings is 2. The number of nitrogens with zero attached hydrogens (tertiary/aromatic N) is 2. The molecule has 208 valence electrons. The molecule has 0 fully saturated rings. The smallest absolute Gasteiger partial charge is 0.355 e. The van der Waals surface area contributed by atoms with E-state index in [0.29, 0.717) is 28.3 Å². The molecule has 1 aliphatic rings. The Kier molecular flexibility index (Phi) is 10.0. The van der Waals surface area contributed by atoms with Crippen molar-refractivity contribution in [2.24, 2.45) is 0 Å². The highest BCUT2D eigenvalue weighted by atomic mass is 16.5. The van der Waals surface area contributed by atoms with Crippen LogP contribution in [0.2, 0.25) is 0 Å². The molecule has 1 atom stereocenters. The number of ether oxygens (including phenoxy) is 1. The fraction of sp³-hybridized carbons (Fsp3) is 0.242. The highest BCUT2D eigenvalue weighted by Crippen LogP contribution is 2.45. The normalized spacial score (nSPS) is 14.7. The predicted octanol–water partition coefficient (Wildman–Crippen LogP) is 6.43. The molecule has 1 aromatic heterocycles. The highest BCUT2D eigenvalue weighted by Gasteiger charge is 2.37. The third-order valence-electron chi connectivity index (χ3n) is 6.55. The van der Waals surface area contributed by atoms with Gasteiger partial charge in [0.2, 0.25) is 0 Å². The molecular weight excluding hydrogens is 500 g/mol. The average molecular weight is 539 g/mol. The van der Waals surface area contributed by atoms with E-state index in [-0.39, 0.29) is 12.4 Å². The van der Waals surface area contributed by atoms with E-state index < -0.39 is 17.6 Å². The van der Waals surface area contributed by atoms with Gasteiger partial charge in [0.25, 0.3) is 0 Å². The Labute approximate surface area is 236 Å². The van der Waals surface area contributed by atoms with Gasteiger partial charge in [-0.25, -0.2) is 14.2 Å². The molecule has 4 rings (SSSR count). The van der Waals surface area contributed by atoms with E-state index >= 15 is 0 Å². The van der Waals surface area contributed by atoms with Crippen LogP contribution >= 0.6 is 0 Å². The van der Waals surface area contributed by atoms with E-state index in [1.807, 2.05) is 44.2 Å². The zero-order chi connectivity index (χ0) is 29.4. The molecule has 7 nitrogen and oxygen atoms in total. The number of carbonyl (C=O) groups is 1. The number of fused-ring (bicyclic) bond motifs is 1. The van der Waals surface area contributed by atoms with Gasteiger partial charge in [-0.2, -0.15) is 4.98 Å². The summed E-state index contributed by atoms with van der Waals surface area (Å²) in [5, 5.41) is 3.23. The monoisotopic (exact) mass is 538 g/mol. The number of aryl methyl sites for hydroxylation is 3. The Hall–Kier alpha value is -4.65. The molecular formula is C33H38N4O3. The summed E-state index contributed by atoms with van der Waals surface area (Å²) >= 11 is 0. The van der Waals surface area contributed by atoms with Gasteiger partial charge in [0.05, 0.1) is 23.8 Å². The molecule has 1 aliphatic heterocycles. The summed E-state index contributed by atoms with van der Waals surface area (Å²) in [5.41, 5.74) is 12.5. The Morgan fingerprint density at radius 3 is 2.27 bits per heavy atom. The van der Waals surface area contributed by atoms with Crippen LogP contribution in [0.15, 0.2) is 95.5 Å². The fourth-order valence-corrected chi connectivity index (χ4v) is 4.64. The number of anilines is 2. The fourth-order valence-electron chi connectivity index (χ4n) is 4.64. The molecule has 7 heteroatoms. The highest BCUT2D eigenvalue weighted by molar-refractivity contribution is 5.95. The SMILES string of the molecule is C=C/C=C(\C=C/C)n1c2c(c(N)nc1=O)C(c1ccccc1C)C(C(=O)OCC)=C(C)N2.Cc1ccc(C)cc1. The standard InChI is InChI=1S/C25H28N4O3.C8H10/c1-6-11-17(12-7-2)29-23-21(22(26)28-25(29)31)20(18-14-10-9-13-15(18)4)19(16(5)27-23)24(30)32-8-3;1-7-3-5-8(2)6-4-7/h6-7,9-14,20,27H,1,8H2,2-5H3,(H2,26,28,31);3-6H,1-2H3/b12-7-,17-11+;. The number of rotatable bonds is 6. The first kappa shape index (κ1) is 29.9. The Morgan fingerprint density at radius 1 is 1.10 bits per heavy atom. The van der Waals surface area contributed by atoms with E-state index in [2.05, 4.69) is 55.0 Å². The van der Waals surface area contributed by atoms with E-state index in [0.717, 1.165) is 11.1 Å². The minimum Gasteiger partial charge on any atom is -0.463 e. The summed E-state index contributed by atoms with van der Waals surface area (Å²) < 4.78 is 6.82. The lowest BCUT2D eigenvalue weighted by Gasteiger charge is -2.33. The zero-order valence-electron chi connectivity index (χ0n) is 24.1. The van der Waals surface area contributed by atoms with Gasteiger partial charge in [0.15, 0.2) is 0 Å². The molecule has 0 spiro atoms. The van der Waals surface area contributed by atoms with Crippen LogP contribution in [0.3, 0.4) is 0 Å². The largest absolute Gasteiger partial charge is 0.463 e. The Balaban J connectivity index is 0.000000472. The molecule has 0 radical (unpaired) electrons. The average Bonchev–Trinajstić information content (AvgIpc) is 2.90. The molecule has 0 aliphatic carbocycles. The van der Waals surface area contributed by atoms with Gasteiger partial charge in [-0.3, -0.25) is 0 Å². The molecule has 0 saturated heterocycles. The quantitative estimate of drug-likeness (QED) is 0.277. The van der Waals surface area contributed by atoms with Gasteiger partial charge in [0, 0.05) is 11.3 Å². The van der Waals surface area contributed by atoms with Crippen molar-refractivity contribution >= 4 is 23.3 Å². The van der Waals surface area contributed by atoms with E-state index in [1.165, 1.54) is 15.7 Å². The van der Waals surface area contributed by atoms with Crippen molar-refractivity contribution in [3.63, 3.8) is 0 Å². The maximum absolute atomic E-state index is 13.0. The Bertz CT molecular complexity index is 1520. The van der Waals surface area contributed by atoms with E-state index in [1.54, 1.807) is 32.1 Å². The second-order valence-electron chi connectivity index (χ2n) is 9.53. The minimum atomic E-state index is -0.554. The van der Waals surface area contributed by atoms with Gasteiger partial charge in [0.1, 0.15) is 11.6 Å². The number of nitrogens with one attached hydrogen (secondary N) is 1. The van der Waals surface area contributed by atoms with Crippen LogP contribution in [0, 0.1) is 20.8 Å². The summed E-state index contributed by atoms with van der Waals surface area (Å²) in [7, 11) is 0. The maximum Gasteiger partial charge on any atom is 0.355 e. The second kappa shape index (κ2) is 13.4. The van der Waals surface area contributed by atoms with Gasteiger partial charge in [-0.15, -0.1) is 0 Å². The number of esters is 1. The topological polar surface area (TPSA) is 99.2 Å². The summed E-state index contributed by atoms with van der Waals surface area (Å²) in [6.45, 7) is 15.6. The predicted molar refractivity (Wildman–Crippen MR) is 164 cm³/mol. The molecule has 3 N–H and O–H groups in total. The molecule has 1 unspecified atom stereocenters. The molecule has 0 bridgehead atoms. The van der Waals surface area contributed by atoms with Crippen LogP contribution in [0.1, 0.15) is 54.5 Å². The molecule has 0 saturated carbocycles. The van der Waals surface area contributed by atoms with Crippen LogP contribution in [0.25, 0.3) is 5.70 Å². The number of nitrogens with two attached hydrogens (primary N) is 1. The number of allylic oxidation sites excluding steroid dienone is 6. The van der Waals surface area contributed by atoms with Crippen LogP contribution in [0.4, 0.5) is 11.6 Å². The summed E-state index contributed by atoms with van der Waals surface area (Å²) in [6, 6.07) is 16.2. The number of carbonyl (C=O) groups excluding carboxylic acids is 1. The van der Waals surface area contributed by atoms with Gasteiger partial charge in [-0.05, 0) is 64.8 Å². The number of nitrogen functional groups attached to an aromatic ring is 1. The first-order chi connectivity index (χ1) is 19.1. The Morgan fingerprint density at radius 2 is 1.73 bits per heavy atom. The second-order valence-corrected chi connectivity index (χ2v) is 9.53. The number of hydrogen-bond donors (Lipinski definition) is 2. The van der Waals surface area contributed by atoms with Crippen molar-refractivity contribution < 1.29 is 9.53 Å². The third-order valence-corrected chi connectivity index (χ3v) is 6.55. The zero-order valence-corrected chi connectivity index (χ0v) is 24.1. The van der Waals surface area contributed by atoms with Gasteiger partial charge >= 0.3 is 11.7 Å². The van der Waals surface area contributed by atoms with Crippen molar-refractivity contribution in [3.8, 4) is 0 Å². The van der Waals surface area contributed by atoms with Crippen molar-refractivity contribution in [2.45, 2.75) is 47.5 Å². The first-order valence-corrected chi connectivity index (χ1v) is 13.3. The van der Waals surface area contributed by atoms with Crippen LogP contribution in [-0.4, -0.2) is 22.1 Å². The first-order valence-electron chi connectivity index (χ1n) is 13.3. The summed E-state index contributed by atoms with van der Waals surface area (Å²) in [5.74, 6) is -0.465. The number of hydrogen-bond acceptors (Lipinski definition) is 6. The molecule has 2 heterocycles. The lowest BCUT2D eigenvalue weighted by molar-refractivity contribution is -0.138. The van der Waals surface area contributed by atoms with E-state index in [9.17, 15) is 9.59 Å².